The smallest absolute Gasteiger partial charge is 0.0827 e. The Bertz CT molecular complexity index is 454. The predicted molar refractivity (Wildman–Crippen MR) is 116 cm³/mol. The van der Waals surface area contributed by atoms with Crippen LogP contribution in [0.1, 0.15) is 79.1 Å². The van der Waals surface area contributed by atoms with E-state index in [9.17, 15) is 0 Å². The fraction of sp³-hybridized carbons (Fsp3) is 0.727. The monoisotopic (exact) mass is 360 g/mol. The fourth-order valence-corrected chi connectivity index (χ4v) is 2.64. The van der Waals surface area contributed by atoms with Crippen LogP contribution >= 0.6 is 0 Å². The van der Waals surface area contributed by atoms with Crippen molar-refractivity contribution in [2.24, 2.45) is 9.98 Å². The third kappa shape index (κ3) is 8.68. The molecule has 0 unspecified atom stereocenters. The quantitative estimate of drug-likeness (QED) is 0.337. The molecule has 0 radical (unpaired) electrons. The second kappa shape index (κ2) is 14.6. The van der Waals surface area contributed by atoms with Crippen molar-refractivity contribution in [3.05, 3.63) is 23.5 Å². The van der Waals surface area contributed by atoms with Gasteiger partial charge < -0.3 is 10.6 Å². The number of nitrogens with one attached hydrogen (secondary N) is 2. The molecule has 0 bridgehead atoms. The fourth-order valence-electron chi connectivity index (χ4n) is 2.64. The normalized spacial score (nSPS) is 17.4. The summed E-state index contributed by atoms with van der Waals surface area (Å²) in [6, 6.07) is 0. The van der Waals surface area contributed by atoms with Crippen molar-refractivity contribution < 1.29 is 0 Å². The molecule has 0 aromatic heterocycles. The van der Waals surface area contributed by atoms with E-state index in [1.54, 1.807) is 0 Å². The standard InChI is InChI=1S/C22H40N4/c1-5-9-13-23-19-17-21(25-15-11-7-3)22(26-16-12-8-4)18-20(19)24-14-10-6-2/h17-18,23,26H,5-16H2,1-4H3. The predicted octanol–water partition coefficient (Wildman–Crippen LogP) is 5.03. The van der Waals surface area contributed by atoms with Gasteiger partial charge in [-0.15, -0.1) is 0 Å². The second-order valence-electron chi connectivity index (χ2n) is 6.92. The van der Waals surface area contributed by atoms with E-state index in [-0.39, 0.29) is 0 Å². The first-order valence-electron chi connectivity index (χ1n) is 10.8. The van der Waals surface area contributed by atoms with Gasteiger partial charge in [0.25, 0.3) is 0 Å². The Balaban J connectivity index is 3.00. The van der Waals surface area contributed by atoms with Crippen molar-refractivity contribution in [1.29, 1.82) is 0 Å². The van der Waals surface area contributed by atoms with Crippen molar-refractivity contribution in [3.63, 3.8) is 0 Å². The lowest BCUT2D eigenvalue weighted by molar-refractivity contribution is 0.716. The third-order valence-electron chi connectivity index (χ3n) is 4.39. The van der Waals surface area contributed by atoms with E-state index in [0.717, 1.165) is 61.8 Å². The highest BCUT2D eigenvalue weighted by molar-refractivity contribution is 6.23. The SMILES string of the molecule is CCCCN=C1C=C(NCCCC)C(=NCCCC)C=C1NCCCC. The van der Waals surface area contributed by atoms with E-state index >= 15 is 0 Å². The number of hydrogen-bond acceptors (Lipinski definition) is 4. The lowest BCUT2D eigenvalue weighted by Gasteiger charge is -2.21. The largest absolute Gasteiger partial charge is 0.383 e. The van der Waals surface area contributed by atoms with Gasteiger partial charge in [0.05, 0.1) is 22.8 Å². The van der Waals surface area contributed by atoms with Gasteiger partial charge >= 0.3 is 0 Å². The van der Waals surface area contributed by atoms with Gasteiger partial charge in [0, 0.05) is 26.2 Å². The number of allylic oxidation sites excluding steroid dienone is 2. The molecule has 1 aliphatic rings. The Labute approximate surface area is 161 Å². The molecule has 0 amide bonds. The molecule has 0 aliphatic heterocycles. The van der Waals surface area contributed by atoms with Crippen molar-refractivity contribution >= 4 is 11.4 Å². The van der Waals surface area contributed by atoms with Gasteiger partial charge in [-0.05, 0) is 37.8 Å². The molecule has 1 rings (SSSR count). The summed E-state index contributed by atoms with van der Waals surface area (Å²) >= 11 is 0. The van der Waals surface area contributed by atoms with Crippen LogP contribution in [0, 0.1) is 0 Å². The van der Waals surface area contributed by atoms with Crippen LogP contribution in [0.5, 0.6) is 0 Å². The van der Waals surface area contributed by atoms with Crippen LogP contribution < -0.4 is 10.6 Å². The van der Waals surface area contributed by atoms with E-state index in [0.29, 0.717) is 0 Å². The van der Waals surface area contributed by atoms with Crippen molar-refractivity contribution in [1.82, 2.24) is 10.6 Å². The summed E-state index contributed by atoms with van der Waals surface area (Å²) < 4.78 is 0. The minimum Gasteiger partial charge on any atom is -0.383 e. The van der Waals surface area contributed by atoms with Crippen LogP contribution in [0.2, 0.25) is 0 Å². The number of nitrogens with zero attached hydrogens (tertiary/aromatic N) is 2. The molecule has 4 heteroatoms. The molecule has 0 fully saturated rings. The molecule has 0 aromatic carbocycles. The number of hydrogen-bond donors (Lipinski definition) is 2. The van der Waals surface area contributed by atoms with Crippen LogP contribution in [0.3, 0.4) is 0 Å². The van der Waals surface area contributed by atoms with Crippen LogP contribution in [-0.4, -0.2) is 37.6 Å². The van der Waals surface area contributed by atoms with Gasteiger partial charge in [-0.3, -0.25) is 9.98 Å². The summed E-state index contributed by atoms with van der Waals surface area (Å²) in [6.45, 7) is 12.6. The van der Waals surface area contributed by atoms with Gasteiger partial charge in [-0.25, -0.2) is 0 Å². The molecule has 0 saturated heterocycles. The lowest BCUT2D eigenvalue weighted by atomic mass is 10.0. The maximum Gasteiger partial charge on any atom is 0.0827 e. The zero-order valence-corrected chi connectivity index (χ0v) is 17.5. The molecule has 26 heavy (non-hydrogen) atoms. The minimum atomic E-state index is 0.889. The first kappa shape index (κ1) is 22.5. The molecular weight excluding hydrogens is 320 g/mol. The molecule has 0 spiro atoms. The Morgan fingerprint density at radius 3 is 1.35 bits per heavy atom. The van der Waals surface area contributed by atoms with Gasteiger partial charge in [0.1, 0.15) is 0 Å². The Kier molecular flexibility index (Phi) is 12.6. The first-order valence-corrected chi connectivity index (χ1v) is 10.8. The molecule has 0 atom stereocenters. The third-order valence-corrected chi connectivity index (χ3v) is 4.39. The maximum absolute atomic E-state index is 4.86. The van der Waals surface area contributed by atoms with Gasteiger partial charge in [0.2, 0.25) is 0 Å². The maximum atomic E-state index is 4.86. The molecule has 0 saturated carbocycles. The summed E-state index contributed by atoms with van der Waals surface area (Å²) in [4.78, 5) is 9.71. The first-order chi connectivity index (χ1) is 12.8. The van der Waals surface area contributed by atoms with Gasteiger partial charge in [-0.2, -0.15) is 0 Å². The summed E-state index contributed by atoms with van der Waals surface area (Å²) in [5.41, 5.74) is 4.41. The van der Waals surface area contributed by atoms with E-state index < -0.39 is 0 Å². The summed E-state index contributed by atoms with van der Waals surface area (Å²) in [5, 5.41) is 7.17. The zero-order chi connectivity index (χ0) is 19.0. The van der Waals surface area contributed by atoms with E-state index in [2.05, 4.69) is 50.5 Å². The highest BCUT2D eigenvalue weighted by atomic mass is 15.0. The van der Waals surface area contributed by atoms with E-state index in [1.807, 2.05) is 0 Å². The Hall–Kier alpha value is -1.58. The number of rotatable bonds is 14. The van der Waals surface area contributed by atoms with Crippen molar-refractivity contribution in [2.45, 2.75) is 79.1 Å². The molecule has 1 aliphatic carbocycles. The molecule has 2 N–H and O–H groups in total. The van der Waals surface area contributed by atoms with Crippen molar-refractivity contribution in [2.75, 3.05) is 26.2 Å². The highest BCUT2D eigenvalue weighted by Gasteiger charge is 2.17. The second-order valence-corrected chi connectivity index (χ2v) is 6.92. The molecular formula is C22H40N4. The van der Waals surface area contributed by atoms with E-state index in [1.165, 1.54) is 38.5 Å². The van der Waals surface area contributed by atoms with E-state index in [4.69, 9.17) is 9.98 Å². The topological polar surface area (TPSA) is 48.8 Å². The Morgan fingerprint density at radius 1 is 0.615 bits per heavy atom. The molecule has 148 valence electrons. The van der Waals surface area contributed by atoms with Crippen molar-refractivity contribution in [3.8, 4) is 0 Å². The van der Waals surface area contributed by atoms with Crippen LogP contribution in [0.25, 0.3) is 0 Å². The zero-order valence-electron chi connectivity index (χ0n) is 17.5. The molecule has 0 aromatic rings. The summed E-state index contributed by atoms with van der Waals surface area (Å²) in [5.74, 6) is 0. The average molecular weight is 361 g/mol. The minimum absolute atomic E-state index is 0.889. The van der Waals surface area contributed by atoms with Crippen LogP contribution in [0.4, 0.5) is 0 Å². The Morgan fingerprint density at radius 2 is 1.00 bits per heavy atom. The van der Waals surface area contributed by atoms with Gasteiger partial charge in [0.15, 0.2) is 0 Å². The highest BCUT2D eigenvalue weighted by Crippen LogP contribution is 2.13. The molecule has 4 nitrogen and oxygen atoms in total. The van der Waals surface area contributed by atoms with Gasteiger partial charge in [-0.1, -0.05) is 53.4 Å². The summed E-state index contributed by atoms with van der Waals surface area (Å²) in [6.07, 6.45) is 13.8. The number of aliphatic imine (C=N–C) groups is 2. The average Bonchev–Trinajstić information content (AvgIpc) is 2.64. The number of unbranched alkanes of at least 4 members (excludes halogenated alkanes) is 4. The molecule has 0 heterocycles. The lowest BCUT2D eigenvalue weighted by Crippen LogP contribution is -2.30. The summed E-state index contributed by atoms with van der Waals surface area (Å²) in [7, 11) is 0. The van der Waals surface area contributed by atoms with Crippen LogP contribution in [0.15, 0.2) is 33.5 Å². The van der Waals surface area contributed by atoms with Crippen LogP contribution in [-0.2, 0) is 0 Å².